The van der Waals surface area contributed by atoms with E-state index >= 15 is 0 Å². The molecule has 1 amide bonds. The Hall–Kier alpha value is -3.67. The van der Waals surface area contributed by atoms with Crippen molar-refractivity contribution in [1.82, 2.24) is 19.9 Å². The first-order valence-corrected chi connectivity index (χ1v) is 9.96. The first kappa shape index (κ1) is 19.6. The minimum Gasteiger partial charge on any atom is -0.497 e. The van der Waals surface area contributed by atoms with Crippen LogP contribution in [0.5, 0.6) is 5.75 Å². The Morgan fingerprint density at radius 2 is 1.87 bits per heavy atom. The molecule has 2 aromatic heterocycles. The zero-order valence-electron chi connectivity index (χ0n) is 16.9. The fourth-order valence-corrected chi connectivity index (χ4v) is 3.43. The van der Waals surface area contributed by atoms with Crippen LogP contribution < -0.4 is 10.1 Å². The number of aryl methyl sites for hydroxylation is 1. The van der Waals surface area contributed by atoms with Gasteiger partial charge in [-0.2, -0.15) is 0 Å². The summed E-state index contributed by atoms with van der Waals surface area (Å²) in [6.07, 6.45) is 2.69. The molecule has 6 heteroatoms. The van der Waals surface area contributed by atoms with Crippen molar-refractivity contribution < 1.29 is 9.53 Å². The highest BCUT2D eigenvalue weighted by Gasteiger charge is 2.13. The molecular formula is C24H24N4O2. The van der Waals surface area contributed by atoms with Crippen LogP contribution in [0.2, 0.25) is 0 Å². The van der Waals surface area contributed by atoms with Gasteiger partial charge in [-0.3, -0.25) is 4.79 Å². The summed E-state index contributed by atoms with van der Waals surface area (Å²) in [7, 11) is 1.63. The van der Waals surface area contributed by atoms with Crippen LogP contribution in [0, 0.1) is 0 Å². The molecule has 0 radical (unpaired) electrons. The first-order chi connectivity index (χ1) is 14.7. The van der Waals surface area contributed by atoms with Gasteiger partial charge in [0.2, 0.25) is 5.91 Å². The lowest BCUT2D eigenvalue weighted by Crippen LogP contribution is -2.23. The Labute approximate surface area is 175 Å². The summed E-state index contributed by atoms with van der Waals surface area (Å²) in [5, 5.41) is 2.98. The number of nitrogens with one attached hydrogen (secondary N) is 1. The number of rotatable bonds is 8. The van der Waals surface area contributed by atoms with Crippen molar-refractivity contribution in [3.8, 4) is 5.75 Å². The molecule has 4 rings (SSSR count). The number of hydrogen-bond acceptors (Lipinski definition) is 4. The van der Waals surface area contributed by atoms with Crippen LogP contribution in [0.1, 0.15) is 23.4 Å². The van der Waals surface area contributed by atoms with Gasteiger partial charge in [-0.15, -0.1) is 0 Å². The third-order valence-corrected chi connectivity index (χ3v) is 4.97. The van der Waals surface area contributed by atoms with Gasteiger partial charge < -0.3 is 14.6 Å². The fourth-order valence-electron chi connectivity index (χ4n) is 3.43. The summed E-state index contributed by atoms with van der Waals surface area (Å²) < 4.78 is 7.33. The molecule has 0 aliphatic rings. The van der Waals surface area contributed by atoms with Gasteiger partial charge in [-0.05, 0) is 35.4 Å². The summed E-state index contributed by atoms with van der Waals surface area (Å²) in [5.41, 5.74) is 3.86. The van der Waals surface area contributed by atoms with Gasteiger partial charge in [0, 0.05) is 25.6 Å². The lowest BCUT2D eigenvalue weighted by molar-refractivity contribution is -0.121. The van der Waals surface area contributed by atoms with Crippen LogP contribution in [0.15, 0.2) is 72.9 Å². The molecule has 0 aliphatic carbocycles. The number of carbonyl (C=O) groups is 1. The average Bonchev–Trinajstić information content (AvgIpc) is 3.14. The molecule has 0 bridgehead atoms. The number of aromatic nitrogens is 3. The zero-order valence-corrected chi connectivity index (χ0v) is 16.9. The second-order valence-electron chi connectivity index (χ2n) is 7.07. The maximum atomic E-state index is 12.4. The molecule has 4 aromatic rings. The number of methoxy groups -OCH3 is 1. The van der Waals surface area contributed by atoms with E-state index in [-0.39, 0.29) is 5.91 Å². The highest BCUT2D eigenvalue weighted by atomic mass is 16.5. The van der Waals surface area contributed by atoms with E-state index in [9.17, 15) is 4.79 Å². The Balaban J connectivity index is 1.44. The molecule has 1 N–H and O–H groups in total. The smallest absolute Gasteiger partial charge is 0.220 e. The molecule has 0 spiro atoms. The predicted molar refractivity (Wildman–Crippen MR) is 116 cm³/mol. The fraction of sp³-hybridized carbons (Fsp3) is 0.208. The van der Waals surface area contributed by atoms with Crippen LogP contribution in [-0.2, 0) is 24.3 Å². The minimum absolute atomic E-state index is 0.0101. The molecule has 0 saturated carbocycles. The standard InChI is InChI=1S/C24H24N4O2/c1-30-20-10-5-9-19(15-20)16-26-23(29)13-12-22-27-21-11-6-14-25-24(21)28(22)17-18-7-3-2-4-8-18/h2-11,14-15H,12-13,16-17H2,1H3,(H,26,29). The number of amides is 1. The molecule has 0 atom stereocenters. The number of hydrogen-bond donors (Lipinski definition) is 1. The highest BCUT2D eigenvalue weighted by molar-refractivity contribution is 5.76. The molecule has 6 nitrogen and oxygen atoms in total. The summed E-state index contributed by atoms with van der Waals surface area (Å²) in [5.74, 6) is 1.64. The molecule has 2 heterocycles. The minimum atomic E-state index is -0.0101. The topological polar surface area (TPSA) is 69.0 Å². The SMILES string of the molecule is COc1cccc(CNC(=O)CCc2nc3cccnc3n2Cc2ccccc2)c1. The summed E-state index contributed by atoms with van der Waals surface area (Å²) >= 11 is 0. The van der Waals surface area contributed by atoms with Crippen molar-refractivity contribution in [3.63, 3.8) is 0 Å². The molecule has 0 saturated heterocycles. The van der Waals surface area contributed by atoms with Crippen molar-refractivity contribution in [3.05, 3.63) is 89.9 Å². The zero-order chi connectivity index (χ0) is 20.8. The molecular weight excluding hydrogens is 376 g/mol. The highest BCUT2D eigenvalue weighted by Crippen LogP contribution is 2.17. The van der Waals surface area contributed by atoms with Crippen molar-refractivity contribution in [1.29, 1.82) is 0 Å². The second kappa shape index (κ2) is 9.22. The van der Waals surface area contributed by atoms with Crippen molar-refractivity contribution in [2.24, 2.45) is 0 Å². The number of ether oxygens (including phenoxy) is 1. The van der Waals surface area contributed by atoms with Gasteiger partial charge in [-0.1, -0.05) is 42.5 Å². The van der Waals surface area contributed by atoms with E-state index < -0.39 is 0 Å². The number of carbonyl (C=O) groups excluding carboxylic acids is 1. The van der Waals surface area contributed by atoms with E-state index in [1.165, 1.54) is 5.56 Å². The Kier molecular flexibility index (Phi) is 6.03. The lowest BCUT2D eigenvalue weighted by Gasteiger charge is -2.10. The third-order valence-electron chi connectivity index (χ3n) is 4.97. The lowest BCUT2D eigenvalue weighted by atomic mass is 10.2. The molecule has 2 aromatic carbocycles. The molecule has 30 heavy (non-hydrogen) atoms. The van der Waals surface area contributed by atoms with Crippen LogP contribution in [0.4, 0.5) is 0 Å². The predicted octanol–water partition coefficient (Wildman–Crippen LogP) is 3.74. The van der Waals surface area contributed by atoms with Gasteiger partial charge in [0.1, 0.15) is 17.1 Å². The Morgan fingerprint density at radius 3 is 2.70 bits per heavy atom. The van der Waals surface area contributed by atoms with Gasteiger partial charge in [-0.25, -0.2) is 9.97 Å². The van der Waals surface area contributed by atoms with E-state index in [0.717, 1.165) is 28.3 Å². The van der Waals surface area contributed by atoms with Crippen LogP contribution in [0.25, 0.3) is 11.2 Å². The molecule has 0 aliphatic heterocycles. The number of benzene rings is 2. The van der Waals surface area contributed by atoms with Gasteiger partial charge >= 0.3 is 0 Å². The second-order valence-corrected chi connectivity index (χ2v) is 7.07. The quantitative estimate of drug-likeness (QED) is 0.489. The van der Waals surface area contributed by atoms with E-state index in [1.807, 2.05) is 54.6 Å². The molecule has 0 fully saturated rings. The van der Waals surface area contributed by atoms with Gasteiger partial charge in [0.05, 0.1) is 13.7 Å². The number of fused-ring (bicyclic) bond motifs is 1. The Bertz CT molecular complexity index is 1140. The third kappa shape index (κ3) is 4.66. The summed E-state index contributed by atoms with van der Waals surface area (Å²) in [6.45, 7) is 1.15. The summed E-state index contributed by atoms with van der Waals surface area (Å²) in [4.78, 5) is 21.7. The normalized spacial score (nSPS) is 10.8. The van der Waals surface area contributed by atoms with Crippen LogP contribution in [-0.4, -0.2) is 27.6 Å². The first-order valence-electron chi connectivity index (χ1n) is 9.96. The Morgan fingerprint density at radius 1 is 1.03 bits per heavy atom. The maximum absolute atomic E-state index is 12.4. The van der Waals surface area contributed by atoms with E-state index in [2.05, 4.69) is 27.0 Å². The van der Waals surface area contributed by atoms with E-state index in [4.69, 9.17) is 9.72 Å². The number of nitrogens with zero attached hydrogens (tertiary/aromatic N) is 3. The largest absolute Gasteiger partial charge is 0.497 e. The monoisotopic (exact) mass is 400 g/mol. The van der Waals surface area contributed by atoms with E-state index in [1.54, 1.807) is 13.3 Å². The average molecular weight is 400 g/mol. The number of imidazole rings is 1. The number of pyridine rings is 1. The maximum Gasteiger partial charge on any atom is 0.220 e. The van der Waals surface area contributed by atoms with Crippen molar-refractivity contribution >= 4 is 17.1 Å². The summed E-state index contributed by atoms with van der Waals surface area (Å²) in [6, 6.07) is 21.7. The van der Waals surface area contributed by atoms with Crippen molar-refractivity contribution in [2.75, 3.05) is 7.11 Å². The molecule has 152 valence electrons. The van der Waals surface area contributed by atoms with Crippen LogP contribution >= 0.6 is 0 Å². The van der Waals surface area contributed by atoms with Gasteiger partial charge in [0.15, 0.2) is 5.65 Å². The van der Waals surface area contributed by atoms with Crippen molar-refractivity contribution in [2.45, 2.75) is 25.9 Å². The van der Waals surface area contributed by atoms with Crippen LogP contribution in [0.3, 0.4) is 0 Å². The van der Waals surface area contributed by atoms with E-state index in [0.29, 0.717) is 25.9 Å². The van der Waals surface area contributed by atoms with Gasteiger partial charge in [0.25, 0.3) is 0 Å². The molecule has 0 unspecified atom stereocenters.